The summed E-state index contributed by atoms with van der Waals surface area (Å²) < 4.78 is 0. The van der Waals surface area contributed by atoms with Crippen molar-refractivity contribution in [1.29, 1.82) is 5.41 Å². The SMILES string of the molecule is C=C(C)N1CC(CNc2ccc(CC(C)C)cc2C=N)C1. The van der Waals surface area contributed by atoms with E-state index in [1.807, 2.05) is 0 Å². The van der Waals surface area contributed by atoms with Crippen molar-refractivity contribution in [3.8, 4) is 0 Å². The number of hydrogen-bond donors (Lipinski definition) is 2. The lowest BCUT2D eigenvalue weighted by Gasteiger charge is -2.41. The Morgan fingerprint density at radius 1 is 1.48 bits per heavy atom. The third-order valence-corrected chi connectivity index (χ3v) is 3.99. The molecule has 2 rings (SSSR count). The molecule has 1 aromatic rings. The van der Waals surface area contributed by atoms with Crippen LogP contribution in [0.4, 0.5) is 5.69 Å². The molecule has 3 heteroatoms. The smallest absolute Gasteiger partial charge is 0.0429 e. The number of nitrogens with zero attached hydrogens (tertiary/aromatic N) is 1. The maximum Gasteiger partial charge on any atom is 0.0429 e. The van der Waals surface area contributed by atoms with Gasteiger partial charge in [0.15, 0.2) is 0 Å². The first kappa shape index (κ1) is 15.6. The van der Waals surface area contributed by atoms with Crippen molar-refractivity contribution >= 4 is 11.9 Å². The maximum absolute atomic E-state index is 7.61. The molecule has 0 atom stereocenters. The van der Waals surface area contributed by atoms with Crippen molar-refractivity contribution in [1.82, 2.24) is 4.90 Å². The minimum absolute atomic E-state index is 0.644. The first-order valence-corrected chi connectivity index (χ1v) is 7.77. The number of anilines is 1. The van der Waals surface area contributed by atoms with Gasteiger partial charge < -0.3 is 15.6 Å². The van der Waals surface area contributed by atoms with Gasteiger partial charge in [-0.1, -0.05) is 26.5 Å². The quantitative estimate of drug-likeness (QED) is 0.749. The summed E-state index contributed by atoms with van der Waals surface area (Å²) in [5.41, 5.74) is 4.53. The van der Waals surface area contributed by atoms with Gasteiger partial charge in [-0.3, -0.25) is 0 Å². The van der Waals surface area contributed by atoms with Gasteiger partial charge in [0.05, 0.1) is 0 Å². The predicted octanol–water partition coefficient (Wildman–Crippen LogP) is 3.76. The summed E-state index contributed by atoms with van der Waals surface area (Å²) in [5.74, 6) is 1.32. The van der Waals surface area contributed by atoms with Crippen molar-refractivity contribution in [3.63, 3.8) is 0 Å². The number of rotatable bonds is 7. The monoisotopic (exact) mass is 285 g/mol. The highest BCUT2D eigenvalue weighted by atomic mass is 15.2. The average Bonchev–Trinajstić information content (AvgIpc) is 2.36. The molecule has 114 valence electrons. The Bertz CT molecular complexity index is 513. The Balaban J connectivity index is 1.91. The minimum atomic E-state index is 0.644. The molecule has 0 aliphatic carbocycles. The van der Waals surface area contributed by atoms with Crippen molar-refractivity contribution < 1.29 is 0 Å². The largest absolute Gasteiger partial charge is 0.384 e. The summed E-state index contributed by atoms with van der Waals surface area (Å²) in [7, 11) is 0. The summed E-state index contributed by atoms with van der Waals surface area (Å²) >= 11 is 0. The standard InChI is InChI=1S/C18H27N3/c1-13(2)7-15-5-6-18(17(8-15)9-19)20-10-16-11-21(12-16)14(3)4/h5-6,8-9,13,16,19-20H,3,7,10-12H2,1-2,4H3. The zero-order valence-electron chi connectivity index (χ0n) is 13.4. The minimum Gasteiger partial charge on any atom is -0.384 e. The van der Waals surface area contributed by atoms with Gasteiger partial charge in [-0.2, -0.15) is 0 Å². The molecular formula is C18H27N3. The van der Waals surface area contributed by atoms with Crippen LogP contribution in [0.15, 0.2) is 30.5 Å². The average molecular weight is 285 g/mol. The molecule has 0 aromatic heterocycles. The van der Waals surface area contributed by atoms with Gasteiger partial charge in [-0.05, 0) is 37.0 Å². The second-order valence-corrected chi connectivity index (χ2v) is 6.55. The van der Waals surface area contributed by atoms with Crippen LogP contribution in [0.5, 0.6) is 0 Å². The zero-order valence-corrected chi connectivity index (χ0v) is 13.4. The zero-order chi connectivity index (χ0) is 15.4. The Morgan fingerprint density at radius 3 is 2.76 bits per heavy atom. The van der Waals surface area contributed by atoms with Crippen LogP contribution in [0.25, 0.3) is 0 Å². The van der Waals surface area contributed by atoms with E-state index in [0.717, 1.165) is 43.0 Å². The molecule has 1 aliphatic rings. The van der Waals surface area contributed by atoms with Gasteiger partial charge in [0.1, 0.15) is 0 Å². The van der Waals surface area contributed by atoms with E-state index in [4.69, 9.17) is 5.41 Å². The molecule has 0 bridgehead atoms. The van der Waals surface area contributed by atoms with E-state index < -0.39 is 0 Å². The molecule has 0 amide bonds. The molecule has 0 spiro atoms. The highest BCUT2D eigenvalue weighted by Crippen LogP contribution is 2.22. The first-order valence-electron chi connectivity index (χ1n) is 7.77. The van der Waals surface area contributed by atoms with Gasteiger partial charge in [-0.25, -0.2) is 0 Å². The van der Waals surface area contributed by atoms with Crippen molar-refractivity contribution in [3.05, 3.63) is 41.6 Å². The third-order valence-electron chi connectivity index (χ3n) is 3.99. The Kier molecular flexibility index (Phi) is 5.05. The fraction of sp³-hybridized carbons (Fsp3) is 0.500. The molecule has 1 aliphatic heterocycles. The van der Waals surface area contributed by atoms with E-state index in [-0.39, 0.29) is 0 Å². The maximum atomic E-state index is 7.61. The molecule has 1 saturated heterocycles. The van der Waals surface area contributed by atoms with Crippen LogP contribution in [0, 0.1) is 17.2 Å². The fourth-order valence-corrected chi connectivity index (χ4v) is 2.76. The number of benzene rings is 1. The second kappa shape index (κ2) is 6.79. The third kappa shape index (κ3) is 4.10. The molecular weight excluding hydrogens is 258 g/mol. The van der Waals surface area contributed by atoms with Crippen LogP contribution in [-0.4, -0.2) is 30.7 Å². The molecule has 1 heterocycles. The highest BCUT2D eigenvalue weighted by Gasteiger charge is 2.25. The number of hydrogen-bond acceptors (Lipinski definition) is 3. The Hall–Kier alpha value is -1.77. The molecule has 21 heavy (non-hydrogen) atoms. The molecule has 3 nitrogen and oxygen atoms in total. The Morgan fingerprint density at radius 2 is 2.19 bits per heavy atom. The lowest BCUT2D eigenvalue weighted by Crippen LogP contribution is -2.48. The van der Waals surface area contributed by atoms with Gasteiger partial charge in [-0.15, -0.1) is 0 Å². The number of nitrogens with one attached hydrogen (secondary N) is 2. The summed E-state index contributed by atoms with van der Waals surface area (Å²) in [6, 6.07) is 6.43. The van der Waals surface area contributed by atoms with Crippen LogP contribution in [0.3, 0.4) is 0 Å². The van der Waals surface area contributed by atoms with Crippen LogP contribution in [-0.2, 0) is 6.42 Å². The molecule has 0 radical (unpaired) electrons. The van der Waals surface area contributed by atoms with Gasteiger partial charge in [0, 0.05) is 48.7 Å². The van der Waals surface area contributed by atoms with Gasteiger partial charge in [0.25, 0.3) is 0 Å². The topological polar surface area (TPSA) is 39.1 Å². The van der Waals surface area contributed by atoms with Crippen molar-refractivity contribution in [2.75, 3.05) is 25.0 Å². The summed E-state index contributed by atoms with van der Waals surface area (Å²) in [4.78, 5) is 2.30. The van der Waals surface area contributed by atoms with Crippen LogP contribution in [0.2, 0.25) is 0 Å². The van der Waals surface area contributed by atoms with Crippen LogP contribution in [0.1, 0.15) is 31.9 Å². The molecule has 0 saturated carbocycles. The van der Waals surface area contributed by atoms with E-state index in [0.29, 0.717) is 11.8 Å². The highest BCUT2D eigenvalue weighted by molar-refractivity contribution is 5.86. The lowest BCUT2D eigenvalue weighted by atomic mass is 9.98. The molecule has 0 unspecified atom stereocenters. The first-order chi connectivity index (χ1) is 9.99. The lowest BCUT2D eigenvalue weighted by molar-refractivity contribution is 0.154. The molecule has 1 aromatic carbocycles. The summed E-state index contributed by atoms with van der Waals surface area (Å²) in [6.45, 7) is 13.6. The van der Waals surface area contributed by atoms with E-state index >= 15 is 0 Å². The fourth-order valence-electron chi connectivity index (χ4n) is 2.76. The van der Waals surface area contributed by atoms with Crippen LogP contribution < -0.4 is 5.32 Å². The number of likely N-dealkylation sites (tertiary alicyclic amines) is 1. The predicted molar refractivity (Wildman–Crippen MR) is 91.2 cm³/mol. The van der Waals surface area contributed by atoms with E-state index in [1.54, 1.807) is 0 Å². The van der Waals surface area contributed by atoms with Gasteiger partial charge in [0.2, 0.25) is 0 Å². The molecule has 2 N–H and O–H groups in total. The van der Waals surface area contributed by atoms with E-state index in [9.17, 15) is 0 Å². The second-order valence-electron chi connectivity index (χ2n) is 6.55. The number of allylic oxidation sites excluding steroid dienone is 1. The van der Waals surface area contributed by atoms with Gasteiger partial charge >= 0.3 is 0 Å². The van der Waals surface area contributed by atoms with E-state index in [2.05, 4.69) is 55.8 Å². The van der Waals surface area contributed by atoms with E-state index in [1.165, 1.54) is 11.8 Å². The normalized spacial score (nSPS) is 15.0. The molecule has 1 fully saturated rings. The van der Waals surface area contributed by atoms with Crippen molar-refractivity contribution in [2.24, 2.45) is 11.8 Å². The summed E-state index contributed by atoms with van der Waals surface area (Å²) in [5, 5.41) is 11.1. The Labute approximate surface area is 128 Å². The van der Waals surface area contributed by atoms with Crippen LogP contribution >= 0.6 is 0 Å². The van der Waals surface area contributed by atoms with Crippen molar-refractivity contribution in [2.45, 2.75) is 27.2 Å². The summed E-state index contributed by atoms with van der Waals surface area (Å²) in [6.07, 6.45) is 2.52.